The highest BCUT2D eigenvalue weighted by Gasteiger charge is 2.34. The van der Waals surface area contributed by atoms with Crippen LogP contribution in [-0.4, -0.2) is 28.5 Å². The van der Waals surface area contributed by atoms with Gasteiger partial charge < -0.3 is 9.84 Å². The van der Waals surface area contributed by atoms with Crippen molar-refractivity contribution in [2.75, 3.05) is 6.54 Å². The molecule has 0 saturated carbocycles. The lowest BCUT2D eigenvalue weighted by Crippen LogP contribution is -2.34. The van der Waals surface area contributed by atoms with Gasteiger partial charge in [-0.3, -0.25) is 9.78 Å². The van der Waals surface area contributed by atoms with Gasteiger partial charge in [0, 0.05) is 18.3 Å². The van der Waals surface area contributed by atoms with Crippen LogP contribution in [-0.2, 0) is 0 Å². The lowest BCUT2D eigenvalue weighted by molar-refractivity contribution is 0.0944. The highest BCUT2D eigenvalue weighted by molar-refractivity contribution is 6.00. The predicted octanol–water partition coefficient (Wildman–Crippen LogP) is 1.40. The summed E-state index contributed by atoms with van der Waals surface area (Å²) in [5.74, 6) is 0.198. The summed E-state index contributed by atoms with van der Waals surface area (Å²) in [5, 5.41) is 6.82. The maximum atomic E-state index is 12.3. The van der Waals surface area contributed by atoms with Crippen LogP contribution in [0.5, 0.6) is 0 Å². The summed E-state index contributed by atoms with van der Waals surface area (Å²) in [6, 6.07) is 3.70. The topological polar surface area (TPSA) is 68.0 Å². The quantitative estimate of drug-likeness (QED) is 0.825. The fraction of sp³-hybridized carbons (Fsp3) is 0.308. The molecule has 92 valence electrons. The number of hydrogen-bond acceptors (Lipinski definition) is 5. The van der Waals surface area contributed by atoms with Crippen LogP contribution in [0.3, 0.4) is 0 Å². The maximum absolute atomic E-state index is 12.3. The van der Waals surface area contributed by atoms with Gasteiger partial charge in [-0.25, -0.2) is 0 Å². The fourth-order valence-corrected chi connectivity index (χ4v) is 2.44. The number of hydrogen-bond donors (Lipinski definition) is 1. The molecule has 1 saturated heterocycles. The molecule has 2 aromatic rings. The Morgan fingerprint density at radius 2 is 2.39 bits per heavy atom. The van der Waals surface area contributed by atoms with E-state index in [1.807, 2.05) is 18.3 Å². The van der Waals surface area contributed by atoms with Crippen LogP contribution in [0.2, 0.25) is 0 Å². The van der Waals surface area contributed by atoms with Crippen molar-refractivity contribution in [3.05, 3.63) is 48.1 Å². The lowest BCUT2D eigenvalue weighted by Gasteiger charge is -2.17. The van der Waals surface area contributed by atoms with Gasteiger partial charge >= 0.3 is 0 Å². The third-order valence-electron chi connectivity index (χ3n) is 3.33. The molecule has 0 aromatic carbocycles. The minimum atomic E-state index is -0.214. The Balaban J connectivity index is 1.86. The summed E-state index contributed by atoms with van der Waals surface area (Å²) in [6.45, 7) is 0.835. The van der Waals surface area contributed by atoms with Gasteiger partial charge in [-0.05, 0) is 24.6 Å². The van der Waals surface area contributed by atoms with E-state index in [1.165, 1.54) is 12.5 Å². The first-order valence-electron chi connectivity index (χ1n) is 5.93. The van der Waals surface area contributed by atoms with E-state index in [1.54, 1.807) is 6.20 Å². The number of nitrogens with zero attached hydrogens (tertiary/aromatic N) is 2. The Morgan fingerprint density at radius 1 is 1.44 bits per heavy atom. The zero-order valence-electron chi connectivity index (χ0n) is 9.74. The molecule has 0 bridgehead atoms. The van der Waals surface area contributed by atoms with Gasteiger partial charge in [0.15, 0.2) is 5.78 Å². The second kappa shape index (κ2) is 4.70. The first kappa shape index (κ1) is 11.1. The van der Waals surface area contributed by atoms with Crippen molar-refractivity contribution in [2.24, 2.45) is 0 Å². The summed E-state index contributed by atoms with van der Waals surface area (Å²) in [6.07, 6.45) is 7.35. The van der Waals surface area contributed by atoms with Gasteiger partial charge in [0.1, 0.15) is 6.26 Å². The molecule has 0 spiro atoms. The van der Waals surface area contributed by atoms with Gasteiger partial charge in [-0.15, -0.1) is 0 Å². The average Bonchev–Trinajstić information content (AvgIpc) is 3.10. The number of carbonyl (C=O) groups excluding carboxylic acids is 1. The largest absolute Gasteiger partial charge is 0.364 e. The Hall–Kier alpha value is -2.01. The first-order chi connectivity index (χ1) is 8.86. The number of Topliss-reactive ketones (excluding diaryl/α,β-unsaturated/α-hetero) is 1. The fourth-order valence-electron chi connectivity index (χ4n) is 2.44. The third-order valence-corrected chi connectivity index (χ3v) is 3.33. The van der Waals surface area contributed by atoms with E-state index >= 15 is 0 Å². The van der Waals surface area contributed by atoms with E-state index in [4.69, 9.17) is 4.52 Å². The molecule has 1 N–H and O–H groups in total. The molecule has 2 aromatic heterocycles. The number of carbonyl (C=O) groups is 1. The van der Waals surface area contributed by atoms with Gasteiger partial charge in [0.25, 0.3) is 0 Å². The standard InChI is InChI=1S/C13H13N3O2/c17-13(10-7-16-18-8-10)12-11(3-5-15-12)9-2-1-4-14-6-9/h1-2,4,6-8,11-12,15H,3,5H2. The number of aromatic nitrogens is 2. The smallest absolute Gasteiger partial charge is 0.185 e. The van der Waals surface area contributed by atoms with Gasteiger partial charge in [-0.2, -0.15) is 0 Å². The van der Waals surface area contributed by atoms with Crippen LogP contribution >= 0.6 is 0 Å². The van der Waals surface area contributed by atoms with E-state index in [9.17, 15) is 4.79 Å². The monoisotopic (exact) mass is 243 g/mol. The van der Waals surface area contributed by atoms with Crippen LogP contribution < -0.4 is 5.32 Å². The van der Waals surface area contributed by atoms with Crippen LogP contribution in [0.4, 0.5) is 0 Å². The minimum Gasteiger partial charge on any atom is -0.364 e. The number of rotatable bonds is 3. The van der Waals surface area contributed by atoms with Crippen molar-refractivity contribution in [2.45, 2.75) is 18.4 Å². The van der Waals surface area contributed by atoms with Gasteiger partial charge in [0.2, 0.25) is 0 Å². The molecule has 1 aliphatic heterocycles. The normalized spacial score (nSPS) is 23.1. The molecule has 2 atom stereocenters. The summed E-state index contributed by atoms with van der Waals surface area (Å²) >= 11 is 0. The zero-order valence-corrected chi connectivity index (χ0v) is 9.74. The Bertz CT molecular complexity index is 524. The van der Waals surface area contributed by atoms with Crippen LogP contribution in [0.15, 0.2) is 41.5 Å². The van der Waals surface area contributed by atoms with Crippen molar-refractivity contribution in [3.63, 3.8) is 0 Å². The van der Waals surface area contributed by atoms with E-state index in [0.29, 0.717) is 5.56 Å². The SMILES string of the molecule is O=C(c1cnoc1)C1NCCC1c1cccnc1. The minimum absolute atomic E-state index is 0.0302. The Kier molecular flexibility index (Phi) is 2.90. The zero-order chi connectivity index (χ0) is 12.4. The summed E-state index contributed by atoms with van der Waals surface area (Å²) in [5.41, 5.74) is 1.61. The average molecular weight is 243 g/mol. The van der Waals surface area contributed by atoms with Crippen LogP contribution in [0, 0.1) is 0 Å². The summed E-state index contributed by atoms with van der Waals surface area (Å²) in [7, 11) is 0. The molecule has 5 heteroatoms. The molecule has 1 aliphatic rings. The molecule has 3 heterocycles. The van der Waals surface area contributed by atoms with Gasteiger partial charge in [0.05, 0.1) is 17.8 Å². The molecule has 1 fully saturated rings. The highest BCUT2D eigenvalue weighted by Crippen LogP contribution is 2.29. The Labute approximate surface area is 104 Å². The summed E-state index contributed by atoms with van der Waals surface area (Å²) < 4.78 is 4.73. The highest BCUT2D eigenvalue weighted by atomic mass is 16.5. The van der Waals surface area contributed by atoms with E-state index in [-0.39, 0.29) is 17.7 Å². The third kappa shape index (κ3) is 1.93. The molecule has 18 heavy (non-hydrogen) atoms. The van der Waals surface area contributed by atoms with E-state index in [0.717, 1.165) is 18.5 Å². The molecule has 0 amide bonds. The predicted molar refractivity (Wildman–Crippen MR) is 64.2 cm³/mol. The van der Waals surface area contributed by atoms with Crippen molar-refractivity contribution in [1.82, 2.24) is 15.5 Å². The molecule has 2 unspecified atom stereocenters. The van der Waals surface area contributed by atoms with Crippen LogP contribution in [0.25, 0.3) is 0 Å². The van der Waals surface area contributed by atoms with Crippen molar-refractivity contribution >= 4 is 5.78 Å². The number of nitrogens with one attached hydrogen (secondary N) is 1. The molecular formula is C13H13N3O2. The number of ketones is 1. The molecule has 5 nitrogen and oxygen atoms in total. The Morgan fingerprint density at radius 3 is 3.11 bits per heavy atom. The molecule has 0 aliphatic carbocycles. The van der Waals surface area contributed by atoms with Crippen LogP contribution in [0.1, 0.15) is 28.3 Å². The van der Waals surface area contributed by atoms with Crippen molar-refractivity contribution < 1.29 is 9.32 Å². The van der Waals surface area contributed by atoms with Crippen molar-refractivity contribution in [3.8, 4) is 0 Å². The maximum Gasteiger partial charge on any atom is 0.185 e. The molecular weight excluding hydrogens is 230 g/mol. The summed E-state index contributed by atoms with van der Waals surface area (Å²) in [4.78, 5) is 16.4. The number of pyridine rings is 1. The second-order valence-corrected chi connectivity index (χ2v) is 4.39. The second-order valence-electron chi connectivity index (χ2n) is 4.39. The van der Waals surface area contributed by atoms with Gasteiger partial charge in [-0.1, -0.05) is 11.2 Å². The molecule has 0 radical (unpaired) electrons. The molecule has 3 rings (SSSR count). The van der Waals surface area contributed by atoms with E-state index in [2.05, 4.69) is 15.5 Å². The van der Waals surface area contributed by atoms with Crippen molar-refractivity contribution in [1.29, 1.82) is 0 Å². The lowest BCUT2D eigenvalue weighted by atomic mass is 9.89. The van der Waals surface area contributed by atoms with E-state index < -0.39 is 0 Å². The first-order valence-corrected chi connectivity index (χ1v) is 5.93.